The zero-order chi connectivity index (χ0) is 25.3. The Morgan fingerprint density at radius 1 is 1.17 bits per heavy atom. The number of nitrogens with zero attached hydrogens (tertiary/aromatic N) is 3. The summed E-state index contributed by atoms with van der Waals surface area (Å²) in [5.41, 5.74) is -1.04. The van der Waals surface area contributed by atoms with Crippen molar-refractivity contribution in [2.24, 2.45) is 11.8 Å². The van der Waals surface area contributed by atoms with Gasteiger partial charge < -0.3 is 24.5 Å². The number of carbonyl (C=O) groups excluding carboxylic acids is 3. The fraction of sp³-hybridized carbons (Fsp3) is 0.741. The molecule has 0 radical (unpaired) electrons. The summed E-state index contributed by atoms with van der Waals surface area (Å²) < 4.78 is 6.54. The van der Waals surface area contributed by atoms with Crippen LogP contribution in [0, 0.1) is 11.8 Å². The first-order valence-corrected chi connectivity index (χ1v) is 13.2. The Balaban J connectivity index is 1.75. The number of likely N-dealkylation sites (tertiary alicyclic amines) is 1. The highest BCUT2D eigenvalue weighted by Gasteiger charge is 2.75. The van der Waals surface area contributed by atoms with Crippen LogP contribution in [0.5, 0.6) is 0 Å². The predicted octanol–water partition coefficient (Wildman–Crippen LogP) is 2.12. The van der Waals surface area contributed by atoms with E-state index in [0.29, 0.717) is 32.4 Å². The summed E-state index contributed by atoms with van der Waals surface area (Å²) in [6, 6.07) is -1.24. The van der Waals surface area contributed by atoms with Gasteiger partial charge in [0.2, 0.25) is 17.7 Å². The van der Waals surface area contributed by atoms with Crippen LogP contribution >= 0.6 is 0 Å². The monoisotopic (exact) mass is 487 g/mol. The van der Waals surface area contributed by atoms with Gasteiger partial charge in [0.15, 0.2) is 0 Å². The number of rotatable bonds is 10. The molecule has 1 N–H and O–H groups in total. The Morgan fingerprint density at radius 2 is 1.86 bits per heavy atom. The maximum absolute atomic E-state index is 14.4. The van der Waals surface area contributed by atoms with Gasteiger partial charge in [0, 0.05) is 26.2 Å². The molecule has 35 heavy (non-hydrogen) atoms. The number of hydrogen-bond donors (Lipinski definition) is 1. The van der Waals surface area contributed by atoms with E-state index in [9.17, 15) is 19.5 Å². The molecule has 1 spiro atoms. The molecule has 3 amide bonds. The second-order valence-corrected chi connectivity index (χ2v) is 10.6. The molecule has 6 atom stereocenters. The molecule has 4 rings (SSSR count). The van der Waals surface area contributed by atoms with E-state index in [1.807, 2.05) is 11.8 Å². The van der Waals surface area contributed by atoms with Gasteiger partial charge in [-0.05, 0) is 32.1 Å². The Hall–Kier alpha value is -2.19. The van der Waals surface area contributed by atoms with Crippen molar-refractivity contribution in [3.63, 3.8) is 0 Å². The lowest BCUT2D eigenvalue weighted by molar-refractivity contribution is -0.153. The number of hydrogen-bond acceptors (Lipinski definition) is 5. The summed E-state index contributed by atoms with van der Waals surface area (Å²) in [4.78, 5) is 46.9. The molecule has 1 saturated carbocycles. The molecule has 3 heterocycles. The largest absolute Gasteiger partial charge is 0.394 e. The molecule has 4 aliphatic rings. The van der Waals surface area contributed by atoms with Gasteiger partial charge in [-0.1, -0.05) is 38.3 Å². The maximum atomic E-state index is 14.4. The molecule has 1 aliphatic carbocycles. The minimum Gasteiger partial charge on any atom is -0.394 e. The van der Waals surface area contributed by atoms with Gasteiger partial charge in [-0.15, -0.1) is 13.2 Å². The van der Waals surface area contributed by atoms with E-state index in [4.69, 9.17) is 4.74 Å². The van der Waals surface area contributed by atoms with Gasteiger partial charge in [0.05, 0.1) is 30.6 Å². The maximum Gasteiger partial charge on any atom is 0.248 e. The number of carbonyl (C=O) groups is 3. The second kappa shape index (κ2) is 10.4. The van der Waals surface area contributed by atoms with Crippen LogP contribution in [0.2, 0.25) is 0 Å². The first-order valence-electron chi connectivity index (χ1n) is 13.2. The second-order valence-electron chi connectivity index (χ2n) is 10.6. The summed E-state index contributed by atoms with van der Waals surface area (Å²) in [6.45, 7) is 10.1. The lowest BCUT2D eigenvalue weighted by atomic mass is 9.70. The van der Waals surface area contributed by atoms with Crippen LogP contribution < -0.4 is 0 Å². The van der Waals surface area contributed by atoms with Crippen LogP contribution in [-0.4, -0.2) is 94.1 Å². The number of likely N-dealkylation sites (N-methyl/N-ethyl adjacent to an activating group) is 1. The molecule has 4 fully saturated rings. The van der Waals surface area contributed by atoms with Crippen molar-refractivity contribution >= 4 is 17.7 Å². The van der Waals surface area contributed by atoms with Gasteiger partial charge in [0.25, 0.3) is 0 Å². The Kier molecular flexibility index (Phi) is 7.71. The standard InChI is InChI=1S/C27H41N3O5/c1-5-15-28(4)24(32)21-20-13-14-27(35-20)22(21)25(33)30(18(7-3)17-31)23(27)26(34)29(16-6-2)19-11-9-8-10-12-19/h5-6,18-23,31H,1-2,7-17H2,3-4H3/t18-,20-,21+,22-,23?,27?/m0/s1. The van der Waals surface area contributed by atoms with Crippen molar-refractivity contribution in [3.05, 3.63) is 25.3 Å². The number of ether oxygens (including phenoxy) is 1. The normalized spacial score (nSPS) is 32.9. The minimum atomic E-state index is -1.04. The number of fused-ring (bicyclic) bond motifs is 1. The summed E-state index contributed by atoms with van der Waals surface area (Å²) in [5, 5.41) is 10.2. The molecule has 2 bridgehead atoms. The zero-order valence-electron chi connectivity index (χ0n) is 21.2. The summed E-state index contributed by atoms with van der Waals surface area (Å²) in [6.07, 6.45) is 9.93. The highest BCUT2D eigenvalue weighted by Crippen LogP contribution is 2.59. The van der Waals surface area contributed by atoms with Crippen molar-refractivity contribution in [2.75, 3.05) is 26.7 Å². The molecular formula is C27H41N3O5. The Morgan fingerprint density at radius 3 is 2.46 bits per heavy atom. The lowest BCUT2D eigenvalue weighted by Gasteiger charge is -2.42. The van der Waals surface area contributed by atoms with E-state index in [0.717, 1.165) is 25.7 Å². The van der Waals surface area contributed by atoms with Gasteiger partial charge in [-0.25, -0.2) is 0 Å². The molecule has 0 aromatic heterocycles. The quantitative estimate of drug-likeness (QED) is 0.477. The molecule has 2 unspecified atom stereocenters. The minimum absolute atomic E-state index is 0.102. The smallest absolute Gasteiger partial charge is 0.248 e. The third-order valence-electron chi connectivity index (χ3n) is 8.74. The summed E-state index contributed by atoms with van der Waals surface area (Å²) >= 11 is 0. The molecule has 194 valence electrons. The highest BCUT2D eigenvalue weighted by molar-refractivity contribution is 5.99. The molecule has 3 saturated heterocycles. The van der Waals surface area contributed by atoms with Gasteiger partial charge in [-0.3, -0.25) is 14.4 Å². The predicted molar refractivity (Wildman–Crippen MR) is 132 cm³/mol. The topological polar surface area (TPSA) is 90.4 Å². The van der Waals surface area contributed by atoms with E-state index in [1.54, 1.807) is 29.0 Å². The Bertz CT molecular complexity index is 852. The summed E-state index contributed by atoms with van der Waals surface area (Å²) in [7, 11) is 1.71. The zero-order valence-corrected chi connectivity index (χ0v) is 21.2. The van der Waals surface area contributed by atoms with E-state index >= 15 is 0 Å². The average Bonchev–Trinajstić information content (AvgIpc) is 3.51. The third-order valence-corrected chi connectivity index (χ3v) is 8.74. The van der Waals surface area contributed by atoms with Crippen molar-refractivity contribution in [2.45, 2.75) is 88.1 Å². The summed E-state index contributed by atoms with van der Waals surface area (Å²) in [5.74, 6) is -1.85. The number of aliphatic hydroxyl groups excluding tert-OH is 1. The van der Waals surface area contributed by atoms with Crippen molar-refractivity contribution in [3.8, 4) is 0 Å². The molecular weight excluding hydrogens is 446 g/mol. The first-order chi connectivity index (χ1) is 16.9. The molecule has 0 aromatic carbocycles. The number of amides is 3. The van der Waals surface area contributed by atoms with Crippen LogP contribution in [-0.2, 0) is 19.1 Å². The fourth-order valence-electron chi connectivity index (χ4n) is 7.10. The van der Waals surface area contributed by atoms with Gasteiger partial charge in [0.1, 0.15) is 11.6 Å². The van der Waals surface area contributed by atoms with E-state index in [2.05, 4.69) is 13.2 Å². The van der Waals surface area contributed by atoms with Crippen molar-refractivity contribution in [1.29, 1.82) is 0 Å². The average molecular weight is 488 g/mol. The fourth-order valence-corrected chi connectivity index (χ4v) is 7.10. The van der Waals surface area contributed by atoms with Crippen LogP contribution in [0.3, 0.4) is 0 Å². The van der Waals surface area contributed by atoms with E-state index in [1.165, 1.54) is 6.42 Å². The Labute approximate surface area is 208 Å². The van der Waals surface area contributed by atoms with E-state index < -0.39 is 29.5 Å². The number of aliphatic hydroxyl groups is 1. The van der Waals surface area contributed by atoms with Gasteiger partial charge >= 0.3 is 0 Å². The lowest BCUT2D eigenvalue weighted by Crippen LogP contribution is -2.60. The third kappa shape index (κ3) is 4.12. The van der Waals surface area contributed by atoms with Gasteiger partial charge in [-0.2, -0.15) is 0 Å². The van der Waals surface area contributed by atoms with Crippen LogP contribution in [0.15, 0.2) is 25.3 Å². The molecule has 0 aromatic rings. The van der Waals surface area contributed by atoms with Crippen LogP contribution in [0.25, 0.3) is 0 Å². The van der Waals surface area contributed by atoms with E-state index in [-0.39, 0.29) is 36.5 Å². The SMILES string of the molecule is C=CCN(C)C(=O)[C@@H]1[C@@H]2CCC3(O2)C(C(=O)N(CC=C)C2CCCCC2)N([C@@H](CC)CO)C(=O)[C@H]13. The first kappa shape index (κ1) is 25.9. The van der Waals surface area contributed by atoms with Crippen molar-refractivity contribution < 1.29 is 24.2 Å². The highest BCUT2D eigenvalue weighted by atomic mass is 16.5. The molecule has 3 aliphatic heterocycles. The molecule has 8 heteroatoms. The van der Waals surface area contributed by atoms with Crippen molar-refractivity contribution in [1.82, 2.24) is 14.7 Å². The van der Waals surface area contributed by atoms with Crippen LogP contribution in [0.1, 0.15) is 58.3 Å². The molecule has 8 nitrogen and oxygen atoms in total. The van der Waals surface area contributed by atoms with Crippen LogP contribution in [0.4, 0.5) is 0 Å².